The molecule has 2 heterocycles. The van der Waals surface area contributed by atoms with Gasteiger partial charge < -0.3 is 10.4 Å². The highest BCUT2D eigenvalue weighted by Gasteiger charge is 2.17. The van der Waals surface area contributed by atoms with E-state index >= 15 is 0 Å². The molecule has 8 nitrogen and oxygen atoms in total. The molecule has 0 aliphatic heterocycles. The fourth-order valence-electron chi connectivity index (χ4n) is 1.96. The lowest BCUT2D eigenvalue weighted by molar-refractivity contribution is -0.137. The standard InChI is InChI=1S/C13H17N5O3/c1-7(4-5-10(19)20)14-12(21)11-16-13-15-8(2)6-9(3)18(13)17-11/h6-7H,4-5H2,1-3H3,(H,14,21)(H,19,20). The minimum Gasteiger partial charge on any atom is -0.481 e. The highest BCUT2D eigenvalue weighted by molar-refractivity contribution is 5.91. The zero-order valence-corrected chi connectivity index (χ0v) is 12.1. The Morgan fingerprint density at radius 3 is 2.76 bits per heavy atom. The third-order valence-corrected chi connectivity index (χ3v) is 2.99. The summed E-state index contributed by atoms with van der Waals surface area (Å²) in [6.45, 7) is 5.44. The minimum atomic E-state index is -0.891. The van der Waals surface area contributed by atoms with Crippen LogP contribution in [0.2, 0.25) is 0 Å². The van der Waals surface area contributed by atoms with Crippen molar-refractivity contribution in [3.05, 3.63) is 23.3 Å². The summed E-state index contributed by atoms with van der Waals surface area (Å²) in [7, 11) is 0. The van der Waals surface area contributed by atoms with Crippen LogP contribution >= 0.6 is 0 Å². The molecule has 2 aromatic rings. The fourth-order valence-corrected chi connectivity index (χ4v) is 1.96. The number of fused-ring (bicyclic) bond motifs is 1. The Morgan fingerprint density at radius 2 is 2.10 bits per heavy atom. The van der Waals surface area contributed by atoms with Crippen molar-refractivity contribution in [3.8, 4) is 0 Å². The van der Waals surface area contributed by atoms with Crippen LogP contribution in [0.15, 0.2) is 6.07 Å². The average molecular weight is 291 g/mol. The lowest BCUT2D eigenvalue weighted by Crippen LogP contribution is -2.33. The molecule has 1 atom stereocenters. The topological polar surface area (TPSA) is 109 Å². The number of aliphatic carboxylic acids is 1. The van der Waals surface area contributed by atoms with Crippen LogP contribution in [-0.4, -0.2) is 42.6 Å². The molecule has 0 radical (unpaired) electrons. The summed E-state index contributed by atoms with van der Waals surface area (Å²) in [6.07, 6.45) is 0.352. The van der Waals surface area contributed by atoms with Crippen molar-refractivity contribution in [1.29, 1.82) is 0 Å². The van der Waals surface area contributed by atoms with Crippen LogP contribution in [0.25, 0.3) is 5.78 Å². The Labute approximate surface area is 121 Å². The van der Waals surface area contributed by atoms with Crippen molar-refractivity contribution < 1.29 is 14.7 Å². The minimum absolute atomic E-state index is 0.0000995. The summed E-state index contributed by atoms with van der Waals surface area (Å²) in [4.78, 5) is 30.8. The molecule has 21 heavy (non-hydrogen) atoms. The number of carboxylic acid groups (broad SMARTS) is 1. The maximum Gasteiger partial charge on any atom is 0.303 e. The van der Waals surface area contributed by atoms with Crippen LogP contribution < -0.4 is 5.32 Å². The van der Waals surface area contributed by atoms with Crippen LogP contribution in [-0.2, 0) is 4.79 Å². The molecule has 0 spiro atoms. The second-order valence-electron chi connectivity index (χ2n) is 4.99. The maximum atomic E-state index is 12.0. The zero-order valence-electron chi connectivity index (χ0n) is 12.1. The Morgan fingerprint density at radius 1 is 1.38 bits per heavy atom. The first-order chi connectivity index (χ1) is 9.86. The average Bonchev–Trinajstić information content (AvgIpc) is 2.80. The van der Waals surface area contributed by atoms with Gasteiger partial charge in [-0.15, -0.1) is 5.10 Å². The number of aryl methyl sites for hydroxylation is 2. The van der Waals surface area contributed by atoms with E-state index in [1.165, 1.54) is 4.52 Å². The van der Waals surface area contributed by atoms with Crippen molar-refractivity contribution in [3.63, 3.8) is 0 Å². The second kappa shape index (κ2) is 5.86. The van der Waals surface area contributed by atoms with Crippen molar-refractivity contribution in [1.82, 2.24) is 24.9 Å². The van der Waals surface area contributed by atoms with Gasteiger partial charge in [0.25, 0.3) is 11.7 Å². The molecule has 2 aromatic heterocycles. The molecule has 0 bridgehead atoms. The van der Waals surface area contributed by atoms with Gasteiger partial charge in [0.15, 0.2) is 0 Å². The number of hydrogen-bond donors (Lipinski definition) is 2. The van der Waals surface area contributed by atoms with Gasteiger partial charge in [-0.3, -0.25) is 9.59 Å². The lowest BCUT2D eigenvalue weighted by atomic mass is 10.2. The van der Waals surface area contributed by atoms with Gasteiger partial charge in [0, 0.05) is 23.9 Å². The summed E-state index contributed by atoms with van der Waals surface area (Å²) < 4.78 is 1.50. The van der Waals surface area contributed by atoms with Crippen molar-refractivity contribution in [2.24, 2.45) is 0 Å². The van der Waals surface area contributed by atoms with E-state index < -0.39 is 11.9 Å². The highest BCUT2D eigenvalue weighted by atomic mass is 16.4. The molecule has 1 unspecified atom stereocenters. The zero-order chi connectivity index (χ0) is 15.6. The first kappa shape index (κ1) is 14.9. The summed E-state index contributed by atoms with van der Waals surface area (Å²) in [6, 6.07) is 1.58. The number of rotatable bonds is 5. The monoisotopic (exact) mass is 291 g/mol. The van der Waals surface area contributed by atoms with E-state index in [1.807, 2.05) is 19.9 Å². The smallest absolute Gasteiger partial charge is 0.303 e. The predicted octanol–water partition coefficient (Wildman–Crippen LogP) is 0.724. The summed E-state index contributed by atoms with van der Waals surface area (Å²) in [5, 5.41) is 15.4. The van der Waals surface area contributed by atoms with E-state index in [0.29, 0.717) is 12.2 Å². The third-order valence-electron chi connectivity index (χ3n) is 2.99. The first-order valence-electron chi connectivity index (χ1n) is 6.60. The van der Waals surface area contributed by atoms with E-state index in [0.717, 1.165) is 11.4 Å². The molecule has 1 amide bonds. The van der Waals surface area contributed by atoms with Crippen LogP contribution in [0.3, 0.4) is 0 Å². The molecule has 0 aliphatic carbocycles. The van der Waals surface area contributed by atoms with Gasteiger partial charge in [0.1, 0.15) is 0 Å². The Bertz CT molecular complexity index is 694. The summed E-state index contributed by atoms with van der Waals surface area (Å²) in [5.41, 5.74) is 1.64. The normalized spacial score (nSPS) is 12.3. The summed E-state index contributed by atoms with van der Waals surface area (Å²) >= 11 is 0. The van der Waals surface area contributed by atoms with Crippen LogP contribution in [0, 0.1) is 13.8 Å². The number of carboxylic acids is 1. The van der Waals surface area contributed by atoms with Crippen LogP contribution in [0.1, 0.15) is 41.8 Å². The molecule has 0 aromatic carbocycles. The van der Waals surface area contributed by atoms with Gasteiger partial charge in [-0.25, -0.2) is 9.50 Å². The fraction of sp³-hybridized carbons (Fsp3) is 0.462. The van der Waals surface area contributed by atoms with Crippen molar-refractivity contribution in [2.75, 3.05) is 0 Å². The molecule has 8 heteroatoms. The molecule has 0 aliphatic rings. The van der Waals surface area contributed by atoms with Gasteiger partial charge in [-0.05, 0) is 33.3 Å². The number of nitrogens with zero attached hydrogens (tertiary/aromatic N) is 4. The van der Waals surface area contributed by atoms with Gasteiger partial charge in [0.2, 0.25) is 5.82 Å². The summed E-state index contributed by atoms with van der Waals surface area (Å²) in [5.74, 6) is -0.929. The number of amides is 1. The number of nitrogens with one attached hydrogen (secondary N) is 1. The van der Waals surface area contributed by atoms with E-state index in [1.54, 1.807) is 6.92 Å². The van der Waals surface area contributed by atoms with Gasteiger partial charge in [-0.2, -0.15) is 4.98 Å². The molecular weight excluding hydrogens is 274 g/mol. The quantitative estimate of drug-likeness (QED) is 0.840. The Kier molecular flexibility index (Phi) is 4.15. The van der Waals surface area contributed by atoms with Crippen molar-refractivity contribution >= 4 is 17.7 Å². The van der Waals surface area contributed by atoms with E-state index in [2.05, 4.69) is 20.4 Å². The Hall–Kier alpha value is -2.51. The molecular formula is C13H17N5O3. The van der Waals surface area contributed by atoms with Crippen molar-refractivity contribution in [2.45, 2.75) is 39.7 Å². The first-order valence-corrected chi connectivity index (χ1v) is 6.60. The van der Waals surface area contributed by atoms with Crippen LogP contribution in [0.5, 0.6) is 0 Å². The lowest BCUT2D eigenvalue weighted by Gasteiger charge is -2.10. The van der Waals surface area contributed by atoms with Crippen LogP contribution in [0.4, 0.5) is 0 Å². The van der Waals surface area contributed by atoms with Gasteiger partial charge >= 0.3 is 5.97 Å². The molecule has 0 saturated heterocycles. The second-order valence-corrected chi connectivity index (χ2v) is 4.99. The van der Waals surface area contributed by atoms with Gasteiger partial charge in [-0.1, -0.05) is 0 Å². The predicted molar refractivity (Wildman–Crippen MR) is 74.1 cm³/mol. The molecule has 0 saturated carbocycles. The molecule has 2 rings (SSSR count). The van der Waals surface area contributed by atoms with E-state index in [9.17, 15) is 9.59 Å². The number of hydrogen-bond acceptors (Lipinski definition) is 5. The number of aromatic nitrogens is 4. The molecule has 2 N–H and O–H groups in total. The largest absolute Gasteiger partial charge is 0.481 e. The Balaban J connectivity index is 2.13. The third kappa shape index (κ3) is 3.53. The molecule has 0 fully saturated rings. The highest BCUT2D eigenvalue weighted by Crippen LogP contribution is 2.06. The number of carbonyl (C=O) groups is 2. The van der Waals surface area contributed by atoms with E-state index in [4.69, 9.17) is 5.11 Å². The SMILES string of the molecule is Cc1cc(C)n2nc(C(=O)NC(C)CCC(=O)O)nc2n1. The maximum absolute atomic E-state index is 12.0. The van der Waals surface area contributed by atoms with Gasteiger partial charge in [0.05, 0.1) is 0 Å². The van der Waals surface area contributed by atoms with E-state index in [-0.39, 0.29) is 18.3 Å². The number of carbonyl (C=O) groups excluding carboxylic acids is 1. The molecule has 112 valence electrons.